The second-order valence-corrected chi connectivity index (χ2v) is 26.5. The predicted molar refractivity (Wildman–Crippen MR) is 397 cm³/mol. The van der Waals surface area contributed by atoms with E-state index >= 15 is 0 Å². The van der Waals surface area contributed by atoms with Crippen LogP contribution in [0.1, 0.15) is 47.2 Å². The van der Waals surface area contributed by atoms with Gasteiger partial charge >= 0.3 is 0 Å². The van der Waals surface area contributed by atoms with E-state index in [0.29, 0.717) is 17.6 Å². The molecule has 96 heavy (non-hydrogen) atoms. The normalized spacial score (nSPS) is 13.5. The van der Waals surface area contributed by atoms with Crippen molar-refractivity contribution in [1.82, 2.24) is 19.5 Å². The average molecular weight is 1220 g/mol. The molecule has 0 amide bonds. The van der Waals surface area contributed by atoms with Gasteiger partial charge in [-0.1, -0.05) is 275 Å². The molecular formula is C91H59N5. The quantitative estimate of drug-likeness (QED) is 0.142. The van der Waals surface area contributed by atoms with Crippen molar-refractivity contribution in [1.29, 1.82) is 0 Å². The summed E-state index contributed by atoms with van der Waals surface area (Å²) in [5, 5.41) is 9.95. The monoisotopic (exact) mass is 1220 g/mol. The first kappa shape index (κ1) is 54.3. The zero-order valence-electron chi connectivity index (χ0n) is 52.8. The molecule has 2 heterocycles. The number of rotatable bonds is 8. The van der Waals surface area contributed by atoms with Crippen LogP contribution in [0, 0.1) is 0 Å². The molecule has 3 aliphatic rings. The maximum atomic E-state index is 5.42. The molecule has 1 spiro atoms. The zero-order chi connectivity index (χ0) is 63.4. The summed E-state index contributed by atoms with van der Waals surface area (Å²) in [7, 11) is 0. The van der Waals surface area contributed by atoms with Crippen LogP contribution >= 0.6 is 0 Å². The van der Waals surface area contributed by atoms with Crippen molar-refractivity contribution in [2.24, 2.45) is 0 Å². The third-order valence-corrected chi connectivity index (χ3v) is 21.2. The molecule has 0 aliphatic heterocycles. The molecule has 3 aliphatic carbocycles. The highest BCUT2D eigenvalue weighted by molar-refractivity contribution is 6.27. The number of anilines is 3. The third kappa shape index (κ3) is 7.71. The van der Waals surface area contributed by atoms with Gasteiger partial charge in [0, 0.05) is 44.3 Å². The van der Waals surface area contributed by atoms with Crippen LogP contribution in [0.4, 0.5) is 17.1 Å². The smallest absolute Gasteiger partial charge is 0.238 e. The summed E-state index contributed by atoms with van der Waals surface area (Å²) in [6, 6.07) is 118. The molecule has 5 heteroatoms. The lowest BCUT2D eigenvalue weighted by atomic mass is 9.70. The van der Waals surface area contributed by atoms with Crippen LogP contribution in [-0.4, -0.2) is 19.5 Å². The first-order valence-electron chi connectivity index (χ1n) is 33.2. The van der Waals surface area contributed by atoms with E-state index in [-0.39, 0.29) is 0 Å². The van der Waals surface area contributed by atoms with Gasteiger partial charge < -0.3 is 4.90 Å². The van der Waals surface area contributed by atoms with E-state index in [9.17, 15) is 0 Å². The summed E-state index contributed by atoms with van der Waals surface area (Å²) in [6.07, 6.45) is 0. The standard InChI is InChI=1S/C91H59N5/c1-90(2)80-55-74-67-34-15-13-32-65(67)64-31-12-14-33-66(64)73(74)54-75(80)72-49-51-84-85(86(72)90)76-52-60(44-50-83(76)96(84)89-93-87(58-26-8-4-9-27-58)92-88(94-89)59-28-10-5-11-29-59)56-42-45-61(46-43-56)95(82-41-23-19-30-63(82)57-24-6-3-7-25-57)62-47-48-71-70-37-18-22-40-79(70)91(81(71)53-62)77-38-20-16-35-68(77)69-36-17-21-39-78(69)91/h3-55H,1-2H3. The molecule has 0 saturated heterocycles. The number of fused-ring (bicyclic) bond motifs is 23. The number of hydrogen-bond acceptors (Lipinski definition) is 4. The Hall–Kier alpha value is -12.3. The van der Waals surface area contributed by atoms with Crippen LogP contribution in [0.5, 0.6) is 0 Å². The molecule has 20 rings (SSSR count). The Kier molecular flexibility index (Phi) is 11.6. The molecule has 0 bridgehead atoms. The largest absolute Gasteiger partial charge is 0.310 e. The lowest BCUT2D eigenvalue weighted by Gasteiger charge is -2.32. The molecule has 0 atom stereocenters. The van der Waals surface area contributed by atoms with Gasteiger partial charge in [0.15, 0.2) is 11.6 Å². The minimum Gasteiger partial charge on any atom is -0.310 e. The van der Waals surface area contributed by atoms with Gasteiger partial charge in [-0.2, -0.15) is 9.97 Å². The number of aromatic nitrogens is 4. The SMILES string of the molecule is CC1(C)c2cc3c4ccccc4c4ccccc4c3cc2-c2ccc3c(c21)c1cc(-c2ccc(N(c4ccc5c(c4)C4(c6ccccc6-c6ccccc64)c4ccccc4-5)c4ccccc4-c4ccccc4)cc2)ccc1n3-c1nc(-c2ccccc2)nc(-c2ccccc2)n1. The summed E-state index contributed by atoms with van der Waals surface area (Å²) in [6.45, 7) is 4.85. The summed E-state index contributed by atoms with van der Waals surface area (Å²) in [5.41, 5.74) is 26.3. The Bertz CT molecular complexity index is 5980. The van der Waals surface area contributed by atoms with Crippen molar-refractivity contribution >= 4 is 71.2 Å². The molecule has 0 N–H and O–H groups in total. The van der Waals surface area contributed by atoms with Gasteiger partial charge in [0.05, 0.1) is 22.1 Å². The maximum absolute atomic E-state index is 5.42. The topological polar surface area (TPSA) is 46.8 Å². The lowest BCUT2D eigenvalue weighted by molar-refractivity contribution is 0.667. The van der Waals surface area contributed by atoms with Crippen LogP contribution in [0.15, 0.2) is 322 Å². The van der Waals surface area contributed by atoms with Crippen LogP contribution < -0.4 is 4.90 Å². The van der Waals surface area contributed by atoms with Gasteiger partial charge in [0.2, 0.25) is 5.95 Å². The van der Waals surface area contributed by atoms with Crippen molar-refractivity contribution in [3.8, 4) is 84.4 Å². The first-order valence-corrected chi connectivity index (χ1v) is 33.2. The molecule has 0 saturated carbocycles. The fraction of sp³-hybridized carbons (Fsp3) is 0.0440. The summed E-state index contributed by atoms with van der Waals surface area (Å²) < 4.78 is 2.29. The second-order valence-electron chi connectivity index (χ2n) is 26.5. The molecule has 0 unspecified atom stereocenters. The molecule has 0 fully saturated rings. The van der Waals surface area contributed by atoms with E-state index in [0.717, 1.165) is 66.9 Å². The van der Waals surface area contributed by atoms with Crippen molar-refractivity contribution in [3.05, 3.63) is 355 Å². The Balaban J connectivity index is 0.795. The van der Waals surface area contributed by atoms with Gasteiger partial charge in [-0.25, -0.2) is 4.98 Å². The van der Waals surface area contributed by atoms with E-state index in [4.69, 9.17) is 15.0 Å². The van der Waals surface area contributed by atoms with Gasteiger partial charge in [-0.15, -0.1) is 0 Å². The molecule has 0 radical (unpaired) electrons. The Labute approximate surface area is 556 Å². The number of nitrogens with zero attached hydrogens (tertiary/aromatic N) is 5. The highest BCUT2D eigenvalue weighted by atomic mass is 15.2. The third-order valence-electron chi connectivity index (χ3n) is 21.2. The molecule has 5 nitrogen and oxygen atoms in total. The van der Waals surface area contributed by atoms with Crippen molar-refractivity contribution in [2.75, 3.05) is 4.90 Å². The van der Waals surface area contributed by atoms with Crippen molar-refractivity contribution < 1.29 is 0 Å². The molecule has 2 aromatic heterocycles. The second kappa shape index (κ2) is 20.6. The Morgan fingerprint density at radius 2 is 0.740 bits per heavy atom. The van der Waals surface area contributed by atoms with Crippen LogP contribution in [0.25, 0.3) is 138 Å². The first-order chi connectivity index (χ1) is 47.4. The Morgan fingerprint density at radius 3 is 1.33 bits per heavy atom. The molecule has 448 valence electrons. The van der Waals surface area contributed by atoms with Gasteiger partial charge in [-0.3, -0.25) is 4.57 Å². The molecular weight excluding hydrogens is 1160 g/mol. The summed E-state index contributed by atoms with van der Waals surface area (Å²) in [4.78, 5) is 18.5. The van der Waals surface area contributed by atoms with Gasteiger partial charge in [0.25, 0.3) is 0 Å². The van der Waals surface area contributed by atoms with Crippen LogP contribution in [-0.2, 0) is 10.8 Å². The minimum absolute atomic E-state index is 0.407. The van der Waals surface area contributed by atoms with Gasteiger partial charge in [0.1, 0.15) is 0 Å². The fourth-order valence-electron chi connectivity index (χ4n) is 17.1. The van der Waals surface area contributed by atoms with E-state index in [1.54, 1.807) is 0 Å². The summed E-state index contributed by atoms with van der Waals surface area (Å²) in [5.74, 6) is 1.80. The summed E-state index contributed by atoms with van der Waals surface area (Å²) >= 11 is 0. The predicted octanol–water partition coefficient (Wildman–Crippen LogP) is 23.2. The number of benzene rings is 15. The number of para-hydroxylation sites is 1. The average Bonchev–Trinajstić information content (AvgIpc) is 1.52. The Morgan fingerprint density at radius 1 is 0.281 bits per heavy atom. The van der Waals surface area contributed by atoms with Crippen LogP contribution in [0.2, 0.25) is 0 Å². The van der Waals surface area contributed by atoms with E-state index in [1.807, 2.05) is 36.4 Å². The molecule has 17 aromatic rings. The van der Waals surface area contributed by atoms with Gasteiger partial charge in [-0.05, 0) is 176 Å². The van der Waals surface area contributed by atoms with Crippen molar-refractivity contribution in [2.45, 2.75) is 24.7 Å². The van der Waals surface area contributed by atoms with E-state index in [2.05, 4.69) is 308 Å². The highest BCUT2D eigenvalue weighted by Crippen LogP contribution is 2.64. The zero-order valence-corrected chi connectivity index (χ0v) is 52.8. The maximum Gasteiger partial charge on any atom is 0.238 e. The van der Waals surface area contributed by atoms with E-state index in [1.165, 1.54) is 104 Å². The van der Waals surface area contributed by atoms with Crippen LogP contribution in [0.3, 0.4) is 0 Å². The van der Waals surface area contributed by atoms with Crippen molar-refractivity contribution in [3.63, 3.8) is 0 Å². The minimum atomic E-state index is -0.501. The lowest BCUT2D eigenvalue weighted by Crippen LogP contribution is -2.26. The fourth-order valence-corrected chi connectivity index (χ4v) is 17.1. The number of hydrogen-bond donors (Lipinski definition) is 0. The molecule has 15 aromatic carbocycles. The highest BCUT2D eigenvalue weighted by Gasteiger charge is 2.52. The van der Waals surface area contributed by atoms with E-state index < -0.39 is 10.8 Å².